The van der Waals surface area contributed by atoms with E-state index in [0.717, 1.165) is 30.6 Å². The monoisotopic (exact) mass is 260 g/mol. The Morgan fingerprint density at radius 1 is 1.21 bits per heavy atom. The quantitative estimate of drug-likeness (QED) is 0.570. The second-order valence-corrected chi connectivity index (χ2v) is 5.43. The molecular weight excluding hydrogens is 236 g/mol. The van der Waals surface area contributed by atoms with E-state index in [1.807, 2.05) is 24.3 Å². The van der Waals surface area contributed by atoms with Crippen molar-refractivity contribution in [2.24, 2.45) is 5.92 Å². The van der Waals surface area contributed by atoms with E-state index < -0.39 is 0 Å². The average molecular weight is 260 g/mol. The summed E-state index contributed by atoms with van der Waals surface area (Å²) >= 11 is 0. The first-order valence-corrected chi connectivity index (χ1v) is 7.58. The van der Waals surface area contributed by atoms with Crippen LogP contribution in [-0.4, -0.2) is 12.4 Å². The predicted molar refractivity (Wildman–Crippen MR) is 77.8 cm³/mol. The highest BCUT2D eigenvalue weighted by molar-refractivity contribution is 5.98. The van der Waals surface area contributed by atoms with Crippen LogP contribution in [0.4, 0.5) is 0 Å². The topological polar surface area (TPSA) is 26.3 Å². The zero-order chi connectivity index (χ0) is 13.5. The molecule has 2 nitrogen and oxygen atoms in total. The predicted octanol–water partition coefficient (Wildman–Crippen LogP) is 4.63. The van der Waals surface area contributed by atoms with Gasteiger partial charge in [0, 0.05) is 11.5 Å². The molecule has 1 aliphatic carbocycles. The molecule has 1 aliphatic rings. The Kier molecular flexibility index (Phi) is 5.44. The molecule has 0 atom stereocenters. The summed E-state index contributed by atoms with van der Waals surface area (Å²) in [6.07, 6.45) is 8.05. The van der Waals surface area contributed by atoms with Crippen molar-refractivity contribution in [2.75, 3.05) is 6.61 Å². The van der Waals surface area contributed by atoms with Gasteiger partial charge in [-0.1, -0.05) is 44.7 Å². The van der Waals surface area contributed by atoms with E-state index in [-0.39, 0.29) is 5.92 Å². The van der Waals surface area contributed by atoms with Crippen molar-refractivity contribution in [1.29, 1.82) is 0 Å². The minimum absolute atomic E-state index is 0.226. The van der Waals surface area contributed by atoms with Gasteiger partial charge < -0.3 is 4.74 Å². The van der Waals surface area contributed by atoms with E-state index >= 15 is 0 Å². The van der Waals surface area contributed by atoms with Gasteiger partial charge in [-0.3, -0.25) is 4.79 Å². The third-order valence-corrected chi connectivity index (χ3v) is 3.82. The van der Waals surface area contributed by atoms with E-state index in [1.165, 1.54) is 25.7 Å². The second-order valence-electron chi connectivity index (χ2n) is 5.43. The molecule has 0 heterocycles. The molecule has 0 radical (unpaired) electrons. The Morgan fingerprint density at radius 3 is 2.63 bits per heavy atom. The number of hydrogen-bond donors (Lipinski definition) is 0. The lowest BCUT2D eigenvalue weighted by molar-refractivity contribution is 0.0907. The second kappa shape index (κ2) is 7.32. The molecule has 2 rings (SSSR count). The number of hydrogen-bond acceptors (Lipinski definition) is 2. The summed E-state index contributed by atoms with van der Waals surface area (Å²) in [5.74, 6) is 1.36. The Labute approximate surface area is 116 Å². The molecule has 0 bridgehead atoms. The number of ketones is 1. The Bertz CT molecular complexity index is 403. The van der Waals surface area contributed by atoms with E-state index in [0.29, 0.717) is 12.4 Å². The first-order valence-electron chi connectivity index (χ1n) is 7.58. The van der Waals surface area contributed by atoms with Gasteiger partial charge in [-0.15, -0.1) is 0 Å². The zero-order valence-electron chi connectivity index (χ0n) is 11.9. The van der Waals surface area contributed by atoms with Gasteiger partial charge in [-0.25, -0.2) is 0 Å². The van der Waals surface area contributed by atoms with E-state index in [9.17, 15) is 4.79 Å². The van der Waals surface area contributed by atoms with E-state index in [2.05, 4.69) is 6.92 Å². The normalized spacial score (nSPS) is 16.9. The highest BCUT2D eigenvalue weighted by Crippen LogP contribution is 2.27. The van der Waals surface area contributed by atoms with E-state index in [4.69, 9.17) is 4.74 Å². The fraction of sp³-hybridized carbons (Fsp3) is 0.588. The van der Waals surface area contributed by atoms with Crippen LogP contribution in [-0.2, 0) is 0 Å². The Morgan fingerprint density at radius 2 is 1.95 bits per heavy atom. The zero-order valence-corrected chi connectivity index (χ0v) is 11.9. The summed E-state index contributed by atoms with van der Waals surface area (Å²) < 4.78 is 5.61. The van der Waals surface area contributed by atoms with Gasteiger partial charge in [-0.05, 0) is 31.4 Å². The first kappa shape index (κ1) is 14.1. The fourth-order valence-electron chi connectivity index (χ4n) is 2.74. The molecule has 1 fully saturated rings. The van der Waals surface area contributed by atoms with Gasteiger partial charge in [0.2, 0.25) is 0 Å². The highest BCUT2D eigenvalue weighted by Gasteiger charge is 2.21. The average Bonchev–Trinajstić information content (AvgIpc) is 2.73. The van der Waals surface area contributed by atoms with Crippen molar-refractivity contribution >= 4 is 5.78 Å². The van der Waals surface area contributed by atoms with Crippen LogP contribution in [0.3, 0.4) is 0 Å². The summed E-state index contributed by atoms with van der Waals surface area (Å²) in [4.78, 5) is 12.5. The smallest absolute Gasteiger partial charge is 0.166 e. The maximum absolute atomic E-state index is 12.5. The van der Waals surface area contributed by atoms with Crippen molar-refractivity contribution in [2.45, 2.75) is 51.9 Å². The van der Waals surface area contributed by atoms with Crippen molar-refractivity contribution < 1.29 is 9.53 Å². The molecule has 0 aromatic heterocycles. The molecule has 1 aromatic carbocycles. The van der Waals surface area contributed by atoms with Crippen LogP contribution in [0.15, 0.2) is 24.3 Å². The third-order valence-electron chi connectivity index (χ3n) is 3.82. The molecule has 0 N–H and O–H groups in total. The fourth-order valence-corrected chi connectivity index (χ4v) is 2.74. The van der Waals surface area contributed by atoms with Gasteiger partial charge in [0.1, 0.15) is 5.75 Å². The van der Waals surface area contributed by atoms with Crippen LogP contribution in [0.25, 0.3) is 0 Å². The minimum Gasteiger partial charge on any atom is -0.494 e. The van der Waals surface area contributed by atoms with E-state index in [1.54, 1.807) is 0 Å². The number of Topliss-reactive ketones (excluding diaryl/α,β-unsaturated/α-hetero) is 1. The SMILES string of the molecule is CCCOc1cccc(C(=O)C2CCCCCC2)c1. The Hall–Kier alpha value is -1.31. The van der Waals surface area contributed by atoms with Gasteiger partial charge >= 0.3 is 0 Å². The van der Waals surface area contributed by atoms with Crippen LogP contribution >= 0.6 is 0 Å². The molecular formula is C17H24O2. The number of benzene rings is 1. The van der Waals surface area contributed by atoms with Crippen molar-refractivity contribution in [3.63, 3.8) is 0 Å². The lowest BCUT2D eigenvalue weighted by Gasteiger charge is -2.13. The standard InChI is InChI=1S/C17H24O2/c1-2-12-19-16-11-7-10-15(13-16)17(18)14-8-5-3-4-6-9-14/h7,10-11,13-14H,2-6,8-9,12H2,1H3. The lowest BCUT2D eigenvalue weighted by atomic mass is 9.91. The summed E-state index contributed by atoms with van der Waals surface area (Å²) in [7, 11) is 0. The van der Waals surface area contributed by atoms with Crippen molar-refractivity contribution in [3.8, 4) is 5.75 Å². The summed E-state index contributed by atoms with van der Waals surface area (Å²) in [6.45, 7) is 2.79. The lowest BCUT2D eigenvalue weighted by Crippen LogP contribution is -2.14. The van der Waals surface area contributed by atoms with Crippen LogP contribution in [0.2, 0.25) is 0 Å². The number of rotatable bonds is 5. The minimum atomic E-state index is 0.226. The molecule has 0 saturated heterocycles. The van der Waals surface area contributed by atoms with Crippen molar-refractivity contribution in [3.05, 3.63) is 29.8 Å². The molecule has 1 aromatic rings. The van der Waals surface area contributed by atoms with Crippen LogP contribution in [0.1, 0.15) is 62.2 Å². The summed E-state index contributed by atoms with van der Waals surface area (Å²) in [5.41, 5.74) is 0.820. The highest BCUT2D eigenvalue weighted by atomic mass is 16.5. The molecule has 104 valence electrons. The van der Waals surface area contributed by atoms with Crippen LogP contribution in [0, 0.1) is 5.92 Å². The Balaban J connectivity index is 2.04. The number of ether oxygens (including phenoxy) is 1. The third kappa shape index (κ3) is 4.09. The molecule has 0 amide bonds. The van der Waals surface area contributed by atoms with Gasteiger partial charge in [0.05, 0.1) is 6.61 Å². The van der Waals surface area contributed by atoms with Gasteiger partial charge in [0.25, 0.3) is 0 Å². The van der Waals surface area contributed by atoms with Crippen molar-refractivity contribution in [1.82, 2.24) is 0 Å². The van der Waals surface area contributed by atoms with Crippen LogP contribution in [0.5, 0.6) is 5.75 Å². The largest absolute Gasteiger partial charge is 0.494 e. The maximum atomic E-state index is 12.5. The molecule has 0 spiro atoms. The summed E-state index contributed by atoms with van der Waals surface area (Å²) in [6, 6.07) is 7.68. The van der Waals surface area contributed by atoms with Crippen LogP contribution < -0.4 is 4.74 Å². The molecule has 0 unspecified atom stereocenters. The number of carbonyl (C=O) groups excluding carboxylic acids is 1. The molecule has 1 saturated carbocycles. The number of carbonyl (C=O) groups is 1. The molecule has 2 heteroatoms. The molecule has 0 aliphatic heterocycles. The van der Waals surface area contributed by atoms with Gasteiger partial charge in [0.15, 0.2) is 5.78 Å². The maximum Gasteiger partial charge on any atom is 0.166 e. The first-order chi connectivity index (χ1) is 9.31. The molecule has 19 heavy (non-hydrogen) atoms. The summed E-state index contributed by atoms with van der Waals surface area (Å²) in [5, 5.41) is 0. The van der Waals surface area contributed by atoms with Gasteiger partial charge in [-0.2, -0.15) is 0 Å².